The van der Waals surface area contributed by atoms with Crippen molar-refractivity contribution in [2.45, 2.75) is 25.8 Å². The van der Waals surface area contributed by atoms with Crippen molar-refractivity contribution >= 4 is 0 Å². The van der Waals surface area contributed by atoms with Gasteiger partial charge in [-0.15, -0.1) is 0 Å². The van der Waals surface area contributed by atoms with Crippen molar-refractivity contribution in [1.29, 1.82) is 0 Å². The summed E-state index contributed by atoms with van der Waals surface area (Å²) in [5.74, 6) is 0. The van der Waals surface area contributed by atoms with E-state index < -0.39 is 0 Å². The molecule has 1 N–H and O–H groups in total. The van der Waals surface area contributed by atoms with Crippen molar-refractivity contribution in [2.75, 3.05) is 54.1 Å². The Morgan fingerprint density at radius 3 is 2.06 bits per heavy atom. The van der Waals surface area contributed by atoms with Crippen LogP contribution in [0.5, 0.6) is 0 Å². The molecule has 0 saturated heterocycles. The van der Waals surface area contributed by atoms with Gasteiger partial charge in [0.2, 0.25) is 0 Å². The number of hydrogen-bond donors (Lipinski definition) is 1. The van der Waals surface area contributed by atoms with Crippen molar-refractivity contribution in [3.63, 3.8) is 0 Å². The lowest BCUT2D eigenvalue weighted by molar-refractivity contribution is 0.112. The summed E-state index contributed by atoms with van der Waals surface area (Å²) in [6.07, 6.45) is 2.43. The lowest BCUT2D eigenvalue weighted by Gasteiger charge is -2.22. The van der Waals surface area contributed by atoms with E-state index in [0.29, 0.717) is 6.04 Å². The van der Waals surface area contributed by atoms with Crippen LogP contribution in [0.4, 0.5) is 0 Å². The molecule has 4 heteroatoms. The van der Waals surface area contributed by atoms with Crippen LogP contribution < -0.4 is 5.32 Å². The molecular formula is C12H28N2O2. The zero-order chi connectivity index (χ0) is 12.2. The third kappa shape index (κ3) is 9.09. The van der Waals surface area contributed by atoms with Gasteiger partial charge in [0.15, 0.2) is 0 Å². The molecule has 0 aromatic rings. The van der Waals surface area contributed by atoms with Crippen molar-refractivity contribution in [3.05, 3.63) is 0 Å². The van der Waals surface area contributed by atoms with E-state index in [2.05, 4.69) is 17.1 Å². The van der Waals surface area contributed by atoms with Gasteiger partial charge in [-0.25, -0.2) is 0 Å². The second-order valence-corrected chi connectivity index (χ2v) is 4.16. The van der Waals surface area contributed by atoms with Gasteiger partial charge in [0.25, 0.3) is 0 Å². The molecule has 0 amide bonds. The zero-order valence-electron chi connectivity index (χ0n) is 11.3. The minimum atomic E-state index is 0.603. The Morgan fingerprint density at radius 2 is 1.62 bits per heavy atom. The van der Waals surface area contributed by atoms with E-state index in [1.54, 1.807) is 14.2 Å². The monoisotopic (exact) mass is 232 g/mol. The summed E-state index contributed by atoms with van der Waals surface area (Å²) in [5, 5.41) is 3.26. The number of nitrogens with zero attached hydrogens (tertiary/aromatic N) is 1. The second kappa shape index (κ2) is 11.3. The minimum absolute atomic E-state index is 0.603. The molecule has 0 aromatic carbocycles. The quantitative estimate of drug-likeness (QED) is 0.575. The standard InChI is InChI=1S/C12H28N2O2/c1-12(13-2)6-5-7-14(8-10-15-3)9-11-16-4/h12-13H,5-11H2,1-4H3. The molecule has 0 rings (SSSR count). The van der Waals surface area contributed by atoms with E-state index in [0.717, 1.165) is 32.8 Å². The Kier molecular flexibility index (Phi) is 11.2. The number of ether oxygens (including phenoxy) is 2. The van der Waals surface area contributed by atoms with Gasteiger partial charge < -0.3 is 14.8 Å². The van der Waals surface area contributed by atoms with Gasteiger partial charge >= 0.3 is 0 Å². The van der Waals surface area contributed by atoms with Gasteiger partial charge in [-0.05, 0) is 33.4 Å². The average molecular weight is 232 g/mol. The molecule has 1 unspecified atom stereocenters. The summed E-state index contributed by atoms with van der Waals surface area (Å²) in [4.78, 5) is 2.40. The van der Waals surface area contributed by atoms with E-state index in [4.69, 9.17) is 9.47 Å². The molecule has 0 saturated carbocycles. The fourth-order valence-corrected chi connectivity index (χ4v) is 1.54. The number of nitrogens with one attached hydrogen (secondary N) is 1. The molecule has 0 aromatic heterocycles. The van der Waals surface area contributed by atoms with E-state index in [1.165, 1.54) is 12.8 Å². The predicted molar refractivity (Wildman–Crippen MR) is 67.9 cm³/mol. The lowest BCUT2D eigenvalue weighted by atomic mass is 10.2. The van der Waals surface area contributed by atoms with Gasteiger partial charge in [0.05, 0.1) is 13.2 Å². The molecule has 0 radical (unpaired) electrons. The Labute approximate surface area is 100 Å². The second-order valence-electron chi connectivity index (χ2n) is 4.16. The highest BCUT2D eigenvalue weighted by atomic mass is 16.5. The molecular weight excluding hydrogens is 204 g/mol. The Balaban J connectivity index is 3.63. The largest absolute Gasteiger partial charge is 0.383 e. The summed E-state index contributed by atoms with van der Waals surface area (Å²) in [6.45, 7) is 6.92. The van der Waals surface area contributed by atoms with E-state index in [9.17, 15) is 0 Å². The molecule has 0 bridgehead atoms. The topological polar surface area (TPSA) is 33.7 Å². The predicted octanol–water partition coefficient (Wildman–Crippen LogP) is 0.969. The van der Waals surface area contributed by atoms with Gasteiger partial charge in [0.1, 0.15) is 0 Å². The van der Waals surface area contributed by atoms with Gasteiger partial charge in [-0.3, -0.25) is 4.90 Å². The van der Waals surface area contributed by atoms with Crippen LogP contribution in [0.25, 0.3) is 0 Å². The first-order valence-electron chi connectivity index (χ1n) is 6.12. The van der Waals surface area contributed by atoms with Crippen LogP contribution in [0.2, 0.25) is 0 Å². The zero-order valence-corrected chi connectivity index (χ0v) is 11.3. The molecule has 0 aliphatic carbocycles. The minimum Gasteiger partial charge on any atom is -0.383 e. The molecule has 1 atom stereocenters. The van der Waals surface area contributed by atoms with Crippen LogP contribution in [0.15, 0.2) is 0 Å². The SMILES string of the molecule is CNC(C)CCCN(CCOC)CCOC. The van der Waals surface area contributed by atoms with Gasteiger partial charge in [-0.1, -0.05) is 0 Å². The molecule has 16 heavy (non-hydrogen) atoms. The number of rotatable bonds is 11. The van der Waals surface area contributed by atoms with E-state index in [1.807, 2.05) is 7.05 Å². The van der Waals surface area contributed by atoms with Crippen LogP contribution in [-0.2, 0) is 9.47 Å². The van der Waals surface area contributed by atoms with Crippen LogP contribution in [0.3, 0.4) is 0 Å². The third-order valence-corrected chi connectivity index (χ3v) is 2.83. The molecule has 4 nitrogen and oxygen atoms in total. The normalized spacial score (nSPS) is 13.3. The van der Waals surface area contributed by atoms with Crippen LogP contribution in [0, 0.1) is 0 Å². The highest BCUT2D eigenvalue weighted by Gasteiger charge is 2.05. The maximum absolute atomic E-state index is 5.11. The molecule has 0 heterocycles. The lowest BCUT2D eigenvalue weighted by Crippen LogP contribution is -2.32. The number of hydrogen-bond acceptors (Lipinski definition) is 4. The Hall–Kier alpha value is -0.160. The van der Waals surface area contributed by atoms with Crippen molar-refractivity contribution in [1.82, 2.24) is 10.2 Å². The molecule has 0 aliphatic heterocycles. The fraction of sp³-hybridized carbons (Fsp3) is 1.00. The van der Waals surface area contributed by atoms with Crippen LogP contribution in [0.1, 0.15) is 19.8 Å². The van der Waals surface area contributed by atoms with Crippen molar-refractivity contribution in [2.24, 2.45) is 0 Å². The Morgan fingerprint density at radius 1 is 1.06 bits per heavy atom. The first-order chi connectivity index (χ1) is 7.74. The third-order valence-electron chi connectivity index (χ3n) is 2.83. The van der Waals surface area contributed by atoms with E-state index in [-0.39, 0.29) is 0 Å². The summed E-state index contributed by atoms with van der Waals surface area (Å²) >= 11 is 0. The molecule has 0 spiro atoms. The van der Waals surface area contributed by atoms with Gasteiger partial charge in [-0.2, -0.15) is 0 Å². The first-order valence-corrected chi connectivity index (χ1v) is 6.12. The molecule has 0 aliphatic rings. The van der Waals surface area contributed by atoms with Gasteiger partial charge in [0, 0.05) is 33.4 Å². The maximum atomic E-state index is 5.11. The maximum Gasteiger partial charge on any atom is 0.0589 e. The molecule has 98 valence electrons. The van der Waals surface area contributed by atoms with Crippen molar-refractivity contribution in [3.8, 4) is 0 Å². The van der Waals surface area contributed by atoms with Crippen molar-refractivity contribution < 1.29 is 9.47 Å². The highest BCUT2D eigenvalue weighted by molar-refractivity contribution is 4.62. The Bertz CT molecular complexity index is 137. The smallest absolute Gasteiger partial charge is 0.0589 e. The summed E-state index contributed by atoms with van der Waals surface area (Å²) in [6, 6.07) is 0.603. The fourth-order valence-electron chi connectivity index (χ4n) is 1.54. The van der Waals surface area contributed by atoms with E-state index >= 15 is 0 Å². The average Bonchev–Trinajstić information content (AvgIpc) is 2.31. The van der Waals surface area contributed by atoms with Crippen LogP contribution >= 0.6 is 0 Å². The van der Waals surface area contributed by atoms with Crippen LogP contribution in [-0.4, -0.2) is 65.1 Å². The first kappa shape index (κ1) is 15.8. The number of methoxy groups -OCH3 is 2. The summed E-state index contributed by atoms with van der Waals surface area (Å²) < 4.78 is 10.2. The highest BCUT2D eigenvalue weighted by Crippen LogP contribution is 1.99. The molecule has 0 fully saturated rings. The summed E-state index contributed by atoms with van der Waals surface area (Å²) in [7, 11) is 5.51. The summed E-state index contributed by atoms with van der Waals surface area (Å²) in [5.41, 5.74) is 0.